The van der Waals surface area contributed by atoms with Crippen molar-refractivity contribution in [3.05, 3.63) is 29.8 Å². The summed E-state index contributed by atoms with van der Waals surface area (Å²) in [5.74, 6) is 2.03. The maximum atomic E-state index is 10.4. The molecule has 118 valence electrons. The molecule has 0 aliphatic rings. The van der Waals surface area contributed by atoms with Gasteiger partial charge >= 0.3 is 0 Å². The van der Waals surface area contributed by atoms with Crippen LogP contribution in [0.25, 0.3) is 0 Å². The predicted molar refractivity (Wildman–Crippen MR) is 85.5 cm³/mol. The Balaban J connectivity index is 2.09. The maximum Gasteiger partial charge on any atom is 0.120 e. The first kappa shape index (κ1) is 17.7. The fourth-order valence-corrected chi connectivity index (χ4v) is 2.51. The third-order valence-electron chi connectivity index (χ3n) is 3.72. The number of hydrogen-bond acceptors (Lipinski definition) is 3. The second-order valence-electron chi connectivity index (χ2n) is 5.89. The van der Waals surface area contributed by atoms with E-state index in [4.69, 9.17) is 9.47 Å². The number of methoxy groups -OCH3 is 1. The van der Waals surface area contributed by atoms with E-state index < -0.39 is 0 Å². The van der Waals surface area contributed by atoms with Crippen molar-refractivity contribution in [3.63, 3.8) is 0 Å². The summed E-state index contributed by atoms with van der Waals surface area (Å²) in [6.45, 7) is 5.84. The fourth-order valence-electron chi connectivity index (χ4n) is 2.51. The molecule has 0 fully saturated rings. The van der Waals surface area contributed by atoms with Crippen molar-refractivity contribution >= 4 is 6.29 Å². The van der Waals surface area contributed by atoms with E-state index in [-0.39, 0.29) is 0 Å². The van der Waals surface area contributed by atoms with Crippen LogP contribution in [0.4, 0.5) is 0 Å². The van der Waals surface area contributed by atoms with Gasteiger partial charge in [-0.1, -0.05) is 26.0 Å². The van der Waals surface area contributed by atoms with E-state index in [2.05, 4.69) is 13.8 Å². The second-order valence-corrected chi connectivity index (χ2v) is 5.89. The molecule has 0 aliphatic heterocycles. The van der Waals surface area contributed by atoms with Crippen LogP contribution in [0.1, 0.15) is 45.1 Å². The molecule has 0 saturated heterocycles. The molecule has 0 spiro atoms. The number of hydrogen-bond donors (Lipinski definition) is 0. The van der Waals surface area contributed by atoms with E-state index in [1.54, 1.807) is 7.11 Å². The number of ether oxygens (including phenoxy) is 2. The molecule has 3 nitrogen and oxygen atoms in total. The molecular weight excluding hydrogens is 264 g/mol. The second kappa shape index (κ2) is 10.4. The summed E-state index contributed by atoms with van der Waals surface area (Å²) >= 11 is 0. The number of benzene rings is 1. The molecule has 0 N–H and O–H groups in total. The Morgan fingerprint density at radius 1 is 1.14 bits per heavy atom. The first-order valence-corrected chi connectivity index (χ1v) is 7.80. The van der Waals surface area contributed by atoms with Gasteiger partial charge in [0, 0.05) is 13.0 Å². The van der Waals surface area contributed by atoms with Crippen LogP contribution in [0.5, 0.6) is 5.75 Å². The van der Waals surface area contributed by atoms with Crippen LogP contribution < -0.4 is 4.74 Å². The lowest BCUT2D eigenvalue weighted by molar-refractivity contribution is -0.108. The number of carbonyl (C=O) groups excluding carboxylic acids is 1. The molecule has 1 aromatic rings. The molecule has 0 heterocycles. The summed E-state index contributed by atoms with van der Waals surface area (Å²) in [7, 11) is 1.67. The van der Waals surface area contributed by atoms with Gasteiger partial charge in [-0.2, -0.15) is 0 Å². The van der Waals surface area contributed by atoms with Crippen LogP contribution in [0.3, 0.4) is 0 Å². The summed E-state index contributed by atoms with van der Waals surface area (Å²) in [6.07, 6.45) is 5.06. The zero-order valence-electron chi connectivity index (χ0n) is 13.5. The van der Waals surface area contributed by atoms with E-state index in [0.29, 0.717) is 24.9 Å². The van der Waals surface area contributed by atoms with Gasteiger partial charge < -0.3 is 14.3 Å². The monoisotopic (exact) mass is 292 g/mol. The van der Waals surface area contributed by atoms with Crippen LogP contribution in [0.2, 0.25) is 0 Å². The van der Waals surface area contributed by atoms with Crippen molar-refractivity contribution in [2.24, 2.45) is 11.8 Å². The average molecular weight is 292 g/mol. The Kier molecular flexibility index (Phi) is 8.76. The highest BCUT2D eigenvalue weighted by Crippen LogP contribution is 2.18. The SMILES string of the molecule is COc1ccc(COCCC[C@H](C)C[C@@H](C)CC=O)cc1. The zero-order chi connectivity index (χ0) is 15.5. The highest BCUT2D eigenvalue weighted by molar-refractivity contribution is 5.49. The largest absolute Gasteiger partial charge is 0.497 e. The summed E-state index contributed by atoms with van der Waals surface area (Å²) in [4.78, 5) is 10.4. The molecule has 0 aromatic heterocycles. The minimum atomic E-state index is 0.498. The average Bonchev–Trinajstić information content (AvgIpc) is 2.47. The van der Waals surface area contributed by atoms with Crippen LogP contribution in [0.15, 0.2) is 24.3 Å². The molecule has 0 amide bonds. The van der Waals surface area contributed by atoms with Crippen molar-refractivity contribution in [3.8, 4) is 5.75 Å². The van der Waals surface area contributed by atoms with Gasteiger partial charge in [-0.05, 0) is 48.8 Å². The number of rotatable bonds is 11. The highest BCUT2D eigenvalue weighted by Gasteiger charge is 2.08. The van der Waals surface area contributed by atoms with E-state index in [1.165, 1.54) is 5.56 Å². The third-order valence-corrected chi connectivity index (χ3v) is 3.72. The Labute approximate surface area is 128 Å². The van der Waals surface area contributed by atoms with Crippen molar-refractivity contribution < 1.29 is 14.3 Å². The smallest absolute Gasteiger partial charge is 0.120 e. The first-order valence-electron chi connectivity index (χ1n) is 7.80. The lowest BCUT2D eigenvalue weighted by atomic mass is 9.92. The Morgan fingerprint density at radius 2 is 1.86 bits per heavy atom. The van der Waals surface area contributed by atoms with E-state index in [1.807, 2.05) is 24.3 Å². The standard InChI is InChI=1S/C18H28O3/c1-15(13-16(2)10-11-19)5-4-12-21-14-17-6-8-18(20-3)9-7-17/h6-9,11,15-16H,4-5,10,12-14H2,1-3H3/t15-,16-/m0/s1. The number of aldehydes is 1. The Bertz CT molecular complexity index is 386. The quantitative estimate of drug-likeness (QED) is 0.452. The van der Waals surface area contributed by atoms with Gasteiger partial charge in [0.25, 0.3) is 0 Å². The van der Waals surface area contributed by atoms with Crippen LogP contribution >= 0.6 is 0 Å². The van der Waals surface area contributed by atoms with Gasteiger partial charge in [-0.15, -0.1) is 0 Å². The van der Waals surface area contributed by atoms with E-state index >= 15 is 0 Å². The van der Waals surface area contributed by atoms with Gasteiger partial charge in [0.05, 0.1) is 13.7 Å². The molecule has 0 radical (unpaired) electrons. The Morgan fingerprint density at radius 3 is 2.48 bits per heavy atom. The molecule has 1 aromatic carbocycles. The first-order chi connectivity index (χ1) is 10.2. The summed E-state index contributed by atoms with van der Waals surface area (Å²) in [5, 5.41) is 0. The topological polar surface area (TPSA) is 35.5 Å². The summed E-state index contributed by atoms with van der Waals surface area (Å²) in [5.41, 5.74) is 1.17. The number of carbonyl (C=O) groups is 1. The van der Waals surface area contributed by atoms with Crippen molar-refractivity contribution in [1.29, 1.82) is 0 Å². The normalized spacial score (nSPS) is 13.7. The maximum absolute atomic E-state index is 10.4. The van der Waals surface area contributed by atoms with E-state index in [9.17, 15) is 4.79 Å². The summed E-state index contributed by atoms with van der Waals surface area (Å²) in [6, 6.07) is 7.97. The minimum Gasteiger partial charge on any atom is -0.497 e. The van der Waals surface area contributed by atoms with Gasteiger partial charge in [0.2, 0.25) is 0 Å². The zero-order valence-corrected chi connectivity index (χ0v) is 13.5. The fraction of sp³-hybridized carbons (Fsp3) is 0.611. The van der Waals surface area contributed by atoms with Gasteiger partial charge in [0.15, 0.2) is 0 Å². The lowest BCUT2D eigenvalue weighted by Gasteiger charge is -2.15. The molecule has 3 heteroatoms. The lowest BCUT2D eigenvalue weighted by Crippen LogP contribution is -2.05. The van der Waals surface area contributed by atoms with Gasteiger partial charge in [-0.25, -0.2) is 0 Å². The summed E-state index contributed by atoms with van der Waals surface area (Å²) < 4.78 is 10.8. The minimum absolute atomic E-state index is 0.498. The van der Waals surface area contributed by atoms with Crippen LogP contribution in [0, 0.1) is 11.8 Å². The van der Waals surface area contributed by atoms with Crippen LogP contribution in [-0.2, 0) is 16.1 Å². The molecular formula is C18H28O3. The highest BCUT2D eigenvalue weighted by atomic mass is 16.5. The van der Waals surface area contributed by atoms with Crippen molar-refractivity contribution in [1.82, 2.24) is 0 Å². The molecule has 1 rings (SSSR count). The van der Waals surface area contributed by atoms with Crippen LogP contribution in [-0.4, -0.2) is 20.0 Å². The Hall–Kier alpha value is -1.35. The van der Waals surface area contributed by atoms with Gasteiger partial charge in [-0.3, -0.25) is 0 Å². The van der Waals surface area contributed by atoms with Gasteiger partial charge in [0.1, 0.15) is 12.0 Å². The van der Waals surface area contributed by atoms with Crippen molar-refractivity contribution in [2.45, 2.75) is 46.1 Å². The van der Waals surface area contributed by atoms with Crippen molar-refractivity contribution in [2.75, 3.05) is 13.7 Å². The molecule has 21 heavy (non-hydrogen) atoms. The molecule has 0 aliphatic carbocycles. The molecule has 0 saturated carbocycles. The molecule has 0 unspecified atom stereocenters. The third kappa shape index (κ3) is 7.86. The molecule has 2 atom stereocenters. The van der Waals surface area contributed by atoms with E-state index in [0.717, 1.165) is 37.9 Å². The predicted octanol–water partition coefficient (Wildman–Crippen LogP) is 4.24. The molecule has 0 bridgehead atoms.